The van der Waals surface area contributed by atoms with E-state index >= 15 is 0 Å². The van der Waals surface area contributed by atoms with Gasteiger partial charge in [-0.25, -0.2) is 9.18 Å². The summed E-state index contributed by atoms with van der Waals surface area (Å²) in [4.78, 5) is 36.1. The first kappa shape index (κ1) is 23.5. The van der Waals surface area contributed by atoms with E-state index < -0.39 is 30.1 Å². The molecule has 1 heterocycles. The van der Waals surface area contributed by atoms with Crippen molar-refractivity contribution >= 4 is 17.7 Å². The second-order valence-corrected chi connectivity index (χ2v) is 7.19. The van der Waals surface area contributed by atoms with Crippen molar-refractivity contribution in [2.75, 3.05) is 20.3 Å². The van der Waals surface area contributed by atoms with Gasteiger partial charge in [-0.15, -0.1) is 0 Å². The molecule has 1 aromatic heterocycles. The van der Waals surface area contributed by atoms with E-state index in [2.05, 4.69) is 0 Å². The maximum Gasteiger partial charge on any atom is 0.338 e. The second kappa shape index (κ2) is 9.99. The number of aryl methyl sites for hydroxylation is 1. The van der Waals surface area contributed by atoms with Crippen molar-refractivity contribution in [1.82, 2.24) is 4.57 Å². The number of Topliss-reactive ketones (excluding diaryl/α,β-unsaturated/α-hetero) is 1. The molecule has 1 amide bonds. The zero-order valence-corrected chi connectivity index (χ0v) is 18.4. The van der Waals surface area contributed by atoms with Crippen molar-refractivity contribution in [3.05, 3.63) is 76.9 Å². The summed E-state index contributed by atoms with van der Waals surface area (Å²) < 4.78 is 31.4. The van der Waals surface area contributed by atoms with Crippen LogP contribution in [-0.4, -0.2) is 42.6 Å². The molecule has 0 aliphatic carbocycles. The summed E-state index contributed by atoms with van der Waals surface area (Å²) in [5, 5.41) is 0. The lowest BCUT2D eigenvalue weighted by Gasteiger charge is -2.11. The molecule has 0 atom stereocenters. The lowest BCUT2D eigenvalue weighted by Crippen LogP contribution is -2.20. The predicted octanol–water partition coefficient (Wildman–Crippen LogP) is 3.15. The number of methoxy groups -OCH3 is 1. The number of carbonyl (C=O) groups is 3. The SMILES string of the molecule is COc1cc(C(=O)OCC(=O)c2cc(C)n(-c3ccccc3F)c2C)ccc1OCC(N)=O. The molecule has 3 aromatic rings. The molecule has 0 saturated heterocycles. The molecule has 172 valence electrons. The van der Waals surface area contributed by atoms with Gasteiger partial charge in [-0.3, -0.25) is 9.59 Å². The van der Waals surface area contributed by atoms with E-state index in [1.165, 1.54) is 31.4 Å². The number of nitrogens with zero attached hydrogens (tertiary/aromatic N) is 1. The zero-order chi connectivity index (χ0) is 24.1. The van der Waals surface area contributed by atoms with Crippen molar-refractivity contribution in [1.29, 1.82) is 0 Å². The first-order valence-electron chi connectivity index (χ1n) is 9.96. The molecule has 0 spiro atoms. The summed E-state index contributed by atoms with van der Waals surface area (Å²) in [6, 6.07) is 12.1. The molecule has 0 radical (unpaired) electrons. The fourth-order valence-corrected chi connectivity index (χ4v) is 3.40. The Morgan fingerprint density at radius 1 is 1.00 bits per heavy atom. The van der Waals surface area contributed by atoms with Crippen LogP contribution in [0, 0.1) is 19.7 Å². The van der Waals surface area contributed by atoms with Gasteiger partial charge in [0.15, 0.2) is 24.7 Å². The number of ketones is 1. The van der Waals surface area contributed by atoms with Crippen molar-refractivity contribution < 1.29 is 33.0 Å². The lowest BCUT2D eigenvalue weighted by atomic mass is 10.1. The van der Waals surface area contributed by atoms with E-state index in [1.54, 1.807) is 42.7 Å². The number of halogens is 1. The molecule has 33 heavy (non-hydrogen) atoms. The van der Waals surface area contributed by atoms with E-state index in [0.717, 1.165) is 0 Å². The third kappa shape index (κ3) is 5.20. The van der Waals surface area contributed by atoms with E-state index in [-0.39, 0.29) is 23.7 Å². The van der Waals surface area contributed by atoms with E-state index in [4.69, 9.17) is 19.9 Å². The molecule has 0 fully saturated rings. The Hall–Kier alpha value is -4.14. The van der Waals surface area contributed by atoms with Crippen molar-refractivity contribution in [3.63, 3.8) is 0 Å². The summed E-state index contributed by atoms with van der Waals surface area (Å²) in [6.07, 6.45) is 0. The predicted molar refractivity (Wildman–Crippen MR) is 117 cm³/mol. The summed E-state index contributed by atoms with van der Waals surface area (Å²) in [5.41, 5.74) is 7.05. The van der Waals surface area contributed by atoms with Crippen LogP contribution in [0.5, 0.6) is 11.5 Å². The van der Waals surface area contributed by atoms with Gasteiger partial charge in [0.1, 0.15) is 5.82 Å². The zero-order valence-electron chi connectivity index (χ0n) is 18.4. The molecule has 0 unspecified atom stereocenters. The van der Waals surface area contributed by atoms with Crippen LogP contribution in [0.3, 0.4) is 0 Å². The van der Waals surface area contributed by atoms with Gasteiger partial charge in [-0.05, 0) is 50.2 Å². The van der Waals surface area contributed by atoms with Crippen LogP contribution >= 0.6 is 0 Å². The van der Waals surface area contributed by atoms with E-state index in [1.807, 2.05) is 0 Å². The minimum atomic E-state index is -0.744. The number of rotatable bonds is 9. The van der Waals surface area contributed by atoms with Gasteiger partial charge in [-0.2, -0.15) is 0 Å². The Labute approximate surface area is 189 Å². The number of nitrogens with two attached hydrogens (primary N) is 1. The molecule has 0 aliphatic heterocycles. The van der Waals surface area contributed by atoms with Gasteiger partial charge in [0.05, 0.1) is 18.4 Å². The highest BCUT2D eigenvalue weighted by Crippen LogP contribution is 2.28. The quantitative estimate of drug-likeness (QED) is 0.393. The largest absolute Gasteiger partial charge is 0.493 e. The first-order chi connectivity index (χ1) is 15.7. The van der Waals surface area contributed by atoms with Crippen LogP contribution in [0.2, 0.25) is 0 Å². The summed E-state index contributed by atoms with van der Waals surface area (Å²) in [7, 11) is 1.37. The third-order valence-electron chi connectivity index (χ3n) is 4.93. The molecular formula is C24H23FN2O6. The minimum Gasteiger partial charge on any atom is -0.493 e. The first-order valence-corrected chi connectivity index (χ1v) is 9.96. The standard InChI is InChI=1S/C24H23FN2O6/c1-14-10-17(15(2)27(14)19-7-5-4-6-18(19)25)20(28)12-33-24(30)16-8-9-21(22(11-16)31-3)32-13-23(26)29/h4-11H,12-13H2,1-3H3,(H2,26,29). The number of primary amides is 1. The average Bonchev–Trinajstić information content (AvgIpc) is 3.09. The number of para-hydroxylation sites is 1. The molecule has 0 bridgehead atoms. The summed E-state index contributed by atoms with van der Waals surface area (Å²) >= 11 is 0. The van der Waals surface area contributed by atoms with Crippen LogP contribution in [0.15, 0.2) is 48.5 Å². The monoisotopic (exact) mass is 454 g/mol. The number of aromatic nitrogens is 1. The third-order valence-corrected chi connectivity index (χ3v) is 4.93. The number of ether oxygens (including phenoxy) is 3. The smallest absolute Gasteiger partial charge is 0.338 e. The van der Waals surface area contributed by atoms with Crippen LogP contribution < -0.4 is 15.2 Å². The van der Waals surface area contributed by atoms with Gasteiger partial charge in [0.25, 0.3) is 5.91 Å². The van der Waals surface area contributed by atoms with E-state index in [9.17, 15) is 18.8 Å². The molecule has 9 heteroatoms. The Bertz CT molecular complexity index is 1220. The van der Waals surface area contributed by atoms with Gasteiger partial charge >= 0.3 is 5.97 Å². The number of esters is 1. The highest BCUT2D eigenvalue weighted by Gasteiger charge is 2.20. The fraction of sp³-hybridized carbons (Fsp3) is 0.208. The fourth-order valence-electron chi connectivity index (χ4n) is 3.40. The number of hydrogen-bond donors (Lipinski definition) is 1. The topological polar surface area (TPSA) is 110 Å². The van der Waals surface area contributed by atoms with Crippen LogP contribution in [-0.2, 0) is 9.53 Å². The van der Waals surface area contributed by atoms with Crippen molar-refractivity contribution in [2.45, 2.75) is 13.8 Å². The molecule has 3 rings (SSSR count). The molecule has 2 aromatic carbocycles. The molecular weight excluding hydrogens is 431 g/mol. The van der Waals surface area contributed by atoms with Gasteiger partial charge in [0.2, 0.25) is 5.78 Å². The number of hydrogen-bond acceptors (Lipinski definition) is 6. The maximum atomic E-state index is 14.2. The summed E-state index contributed by atoms with van der Waals surface area (Å²) in [5.74, 6) is -1.82. The van der Waals surface area contributed by atoms with Crippen LogP contribution in [0.4, 0.5) is 4.39 Å². The number of benzene rings is 2. The highest BCUT2D eigenvalue weighted by molar-refractivity contribution is 6.00. The van der Waals surface area contributed by atoms with Crippen molar-refractivity contribution in [2.24, 2.45) is 5.73 Å². The normalized spacial score (nSPS) is 10.5. The Morgan fingerprint density at radius 3 is 2.39 bits per heavy atom. The van der Waals surface area contributed by atoms with E-state index in [0.29, 0.717) is 22.6 Å². The highest BCUT2D eigenvalue weighted by atomic mass is 19.1. The van der Waals surface area contributed by atoms with Crippen LogP contribution in [0.25, 0.3) is 5.69 Å². The molecule has 8 nitrogen and oxygen atoms in total. The maximum absolute atomic E-state index is 14.2. The Balaban J connectivity index is 1.72. The molecule has 2 N–H and O–H groups in total. The number of carbonyl (C=O) groups excluding carboxylic acids is 3. The average molecular weight is 454 g/mol. The second-order valence-electron chi connectivity index (χ2n) is 7.19. The van der Waals surface area contributed by atoms with Gasteiger partial charge in [-0.1, -0.05) is 12.1 Å². The molecule has 0 aliphatic rings. The van der Waals surface area contributed by atoms with Gasteiger partial charge in [0, 0.05) is 17.0 Å². The summed E-state index contributed by atoms with van der Waals surface area (Å²) in [6.45, 7) is 2.61. The Morgan fingerprint density at radius 2 is 1.73 bits per heavy atom. The molecule has 0 saturated carbocycles. The van der Waals surface area contributed by atoms with Crippen molar-refractivity contribution in [3.8, 4) is 17.2 Å². The van der Waals surface area contributed by atoms with Gasteiger partial charge < -0.3 is 24.5 Å². The Kier molecular flexibility index (Phi) is 7.12. The minimum absolute atomic E-state index is 0.128. The lowest BCUT2D eigenvalue weighted by molar-refractivity contribution is -0.119. The number of amides is 1. The van der Waals surface area contributed by atoms with Crippen LogP contribution in [0.1, 0.15) is 32.1 Å².